The van der Waals surface area contributed by atoms with Crippen LogP contribution in [0.2, 0.25) is 0 Å². The molecule has 0 aromatic carbocycles. The van der Waals surface area contributed by atoms with Crippen LogP contribution in [0.1, 0.15) is 24.2 Å². The summed E-state index contributed by atoms with van der Waals surface area (Å²) in [5.41, 5.74) is 2.16. The van der Waals surface area contributed by atoms with Crippen molar-refractivity contribution in [2.75, 3.05) is 37.0 Å². The second-order valence-electron chi connectivity index (χ2n) is 6.41. The maximum absolute atomic E-state index is 4.43. The normalized spacial score (nSPS) is 15.7. The molecule has 122 valence electrons. The predicted molar refractivity (Wildman–Crippen MR) is 91.8 cm³/mol. The number of hydrogen-bond acceptors (Lipinski definition) is 6. The molecule has 0 amide bonds. The van der Waals surface area contributed by atoms with Crippen molar-refractivity contribution in [3.63, 3.8) is 0 Å². The third kappa shape index (κ3) is 3.94. The smallest absolute Gasteiger partial charge is 0.132 e. The zero-order valence-corrected chi connectivity index (χ0v) is 14.1. The lowest BCUT2D eigenvalue weighted by molar-refractivity contribution is 0.399. The molecule has 0 N–H and O–H groups in total. The second-order valence-corrected chi connectivity index (χ2v) is 6.41. The molecule has 23 heavy (non-hydrogen) atoms. The molecule has 3 rings (SSSR count). The summed E-state index contributed by atoms with van der Waals surface area (Å²) in [6, 6.07) is 4.16. The van der Waals surface area contributed by atoms with E-state index in [9.17, 15) is 0 Å². The summed E-state index contributed by atoms with van der Waals surface area (Å²) < 4.78 is 0. The Kier molecular flexibility index (Phi) is 4.69. The number of anilines is 2. The number of nitrogens with zero attached hydrogens (tertiary/aromatic N) is 6. The first-order chi connectivity index (χ1) is 11.1. The zero-order valence-electron chi connectivity index (χ0n) is 14.1. The van der Waals surface area contributed by atoms with Crippen molar-refractivity contribution in [1.29, 1.82) is 0 Å². The first kappa shape index (κ1) is 15.6. The summed E-state index contributed by atoms with van der Waals surface area (Å²) in [5, 5.41) is 0. The minimum atomic E-state index is 0.680. The summed E-state index contributed by atoms with van der Waals surface area (Å²) in [4.78, 5) is 21.7. The Morgan fingerprint density at radius 2 is 1.78 bits per heavy atom. The molecule has 2 aromatic heterocycles. The second kappa shape index (κ2) is 6.89. The van der Waals surface area contributed by atoms with Crippen LogP contribution in [0.5, 0.6) is 0 Å². The fourth-order valence-electron chi connectivity index (χ4n) is 3.02. The summed E-state index contributed by atoms with van der Waals surface area (Å²) in [5.74, 6) is 2.70. The molecule has 1 aliphatic heterocycles. The molecule has 0 atom stereocenters. The highest BCUT2D eigenvalue weighted by atomic mass is 15.2. The van der Waals surface area contributed by atoms with Crippen LogP contribution >= 0.6 is 0 Å². The van der Waals surface area contributed by atoms with Crippen molar-refractivity contribution in [1.82, 2.24) is 19.9 Å². The minimum Gasteiger partial charge on any atom is -0.363 e. The highest BCUT2D eigenvalue weighted by molar-refractivity contribution is 5.39. The van der Waals surface area contributed by atoms with E-state index in [1.54, 1.807) is 12.7 Å². The van der Waals surface area contributed by atoms with Gasteiger partial charge >= 0.3 is 0 Å². The van der Waals surface area contributed by atoms with Crippen LogP contribution in [0.4, 0.5) is 11.6 Å². The van der Waals surface area contributed by atoms with Crippen LogP contribution in [-0.4, -0.2) is 47.1 Å². The largest absolute Gasteiger partial charge is 0.363 e. The van der Waals surface area contributed by atoms with Gasteiger partial charge in [-0.25, -0.2) is 19.9 Å². The maximum Gasteiger partial charge on any atom is 0.132 e. The molecule has 1 aliphatic rings. The van der Waals surface area contributed by atoms with Crippen molar-refractivity contribution in [3.8, 4) is 0 Å². The van der Waals surface area contributed by atoms with Gasteiger partial charge < -0.3 is 9.80 Å². The van der Waals surface area contributed by atoms with Crippen molar-refractivity contribution < 1.29 is 0 Å². The lowest BCUT2D eigenvalue weighted by Gasteiger charge is -2.32. The summed E-state index contributed by atoms with van der Waals surface area (Å²) in [7, 11) is 4.02. The van der Waals surface area contributed by atoms with E-state index in [1.165, 1.54) is 12.8 Å². The van der Waals surface area contributed by atoms with Gasteiger partial charge in [0.2, 0.25) is 0 Å². The number of aromatic nitrogens is 4. The summed E-state index contributed by atoms with van der Waals surface area (Å²) in [6.07, 6.45) is 6.69. The Hall–Kier alpha value is -2.24. The SMILES string of the molecule is Cc1cc(N2CCC(Cc3cc(N(C)C)ncn3)CC2)ncn1. The molecule has 0 radical (unpaired) electrons. The quantitative estimate of drug-likeness (QED) is 0.862. The number of piperidine rings is 1. The van der Waals surface area contributed by atoms with Gasteiger partial charge in [0.15, 0.2) is 0 Å². The molecule has 6 heteroatoms. The van der Waals surface area contributed by atoms with Gasteiger partial charge in [0, 0.05) is 50.7 Å². The molecule has 0 saturated carbocycles. The van der Waals surface area contributed by atoms with Crippen LogP contribution in [0.15, 0.2) is 24.8 Å². The lowest BCUT2D eigenvalue weighted by atomic mass is 9.92. The van der Waals surface area contributed by atoms with E-state index < -0.39 is 0 Å². The topological polar surface area (TPSA) is 58.0 Å². The van der Waals surface area contributed by atoms with Gasteiger partial charge in [-0.15, -0.1) is 0 Å². The van der Waals surface area contributed by atoms with Crippen molar-refractivity contribution in [2.24, 2.45) is 5.92 Å². The first-order valence-electron chi connectivity index (χ1n) is 8.13. The molecule has 6 nitrogen and oxygen atoms in total. The zero-order chi connectivity index (χ0) is 16.2. The molecule has 0 unspecified atom stereocenters. The highest BCUT2D eigenvalue weighted by Crippen LogP contribution is 2.24. The van der Waals surface area contributed by atoms with Crippen LogP contribution in [0.3, 0.4) is 0 Å². The van der Waals surface area contributed by atoms with Crippen LogP contribution in [0.25, 0.3) is 0 Å². The fourth-order valence-corrected chi connectivity index (χ4v) is 3.02. The monoisotopic (exact) mass is 312 g/mol. The Morgan fingerprint density at radius 1 is 1.04 bits per heavy atom. The molecule has 0 bridgehead atoms. The molecule has 1 fully saturated rings. The Balaban J connectivity index is 1.58. The molecule has 3 heterocycles. The van der Waals surface area contributed by atoms with Crippen LogP contribution < -0.4 is 9.80 Å². The van der Waals surface area contributed by atoms with Gasteiger partial charge in [-0.1, -0.05) is 0 Å². The number of aryl methyl sites for hydroxylation is 1. The van der Waals surface area contributed by atoms with Gasteiger partial charge in [-0.3, -0.25) is 0 Å². The molecular formula is C17H24N6. The van der Waals surface area contributed by atoms with E-state index in [0.29, 0.717) is 5.92 Å². The van der Waals surface area contributed by atoms with Gasteiger partial charge in [-0.05, 0) is 32.1 Å². The summed E-state index contributed by atoms with van der Waals surface area (Å²) in [6.45, 7) is 4.11. The molecule has 0 spiro atoms. The maximum atomic E-state index is 4.43. The highest BCUT2D eigenvalue weighted by Gasteiger charge is 2.21. The van der Waals surface area contributed by atoms with E-state index >= 15 is 0 Å². The van der Waals surface area contributed by atoms with E-state index in [-0.39, 0.29) is 0 Å². The fraction of sp³-hybridized carbons (Fsp3) is 0.529. The Morgan fingerprint density at radius 3 is 2.48 bits per heavy atom. The van der Waals surface area contributed by atoms with Gasteiger partial charge in [0.25, 0.3) is 0 Å². The Bertz CT molecular complexity index is 649. The standard InChI is InChI=1S/C17H24N6/c1-13-8-17(21-11-18-13)23-6-4-14(5-7-23)9-15-10-16(22(2)3)20-12-19-15/h8,10-12,14H,4-7,9H2,1-3H3. The van der Waals surface area contributed by atoms with E-state index in [2.05, 4.69) is 37.0 Å². The van der Waals surface area contributed by atoms with Crippen LogP contribution in [-0.2, 0) is 6.42 Å². The van der Waals surface area contributed by atoms with Gasteiger partial charge in [0.05, 0.1) is 0 Å². The van der Waals surface area contributed by atoms with Crippen LogP contribution in [0, 0.1) is 12.8 Å². The third-order valence-electron chi connectivity index (χ3n) is 4.39. The first-order valence-corrected chi connectivity index (χ1v) is 8.13. The average Bonchev–Trinajstić information content (AvgIpc) is 2.56. The number of rotatable bonds is 4. The average molecular weight is 312 g/mol. The molecular weight excluding hydrogens is 288 g/mol. The third-order valence-corrected chi connectivity index (χ3v) is 4.39. The number of hydrogen-bond donors (Lipinski definition) is 0. The predicted octanol–water partition coefficient (Wildman–Crippen LogP) is 2.10. The Labute approximate surface area is 137 Å². The summed E-state index contributed by atoms with van der Waals surface area (Å²) >= 11 is 0. The lowest BCUT2D eigenvalue weighted by Crippen LogP contribution is -2.35. The van der Waals surface area contributed by atoms with Crippen molar-refractivity contribution in [2.45, 2.75) is 26.2 Å². The van der Waals surface area contributed by atoms with Gasteiger partial charge in [-0.2, -0.15) is 0 Å². The van der Waals surface area contributed by atoms with Gasteiger partial charge in [0.1, 0.15) is 24.3 Å². The molecule has 0 aliphatic carbocycles. The molecule has 2 aromatic rings. The van der Waals surface area contributed by atoms with Crippen molar-refractivity contribution >= 4 is 11.6 Å². The van der Waals surface area contributed by atoms with E-state index in [4.69, 9.17) is 0 Å². The van der Waals surface area contributed by atoms with E-state index in [1.807, 2.05) is 25.9 Å². The minimum absolute atomic E-state index is 0.680. The van der Waals surface area contributed by atoms with Crippen molar-refractivity contribution in [3.05, 3.63) is 36.2 Å². The molecule has 1 saturated heterocycles. The van der Waals surface area contributed by atoms with E-state index in [0.717, 1.165) is 42.5 Å².